The van der Waals surface area contributed by atoms with Crippen LogP contribution in [0.2, 0.25) is 5.02 Å². The molecule has 31 heavy (non-hydrogen) atoms. The summed E-state index contributed by atoms with van der Waals surface area (Å²) < 4.78 is 33.4. The average molecular weight is 459 g/mol. The number of hydrogen-bond donors (Lipinski definition) is 2. The first-order valence-electron chi connectivity index (χ1n) is 9.70. The minimum Gasteiger partial charge on any atom is -0.481 e. The van der Waals surface area contributed by atoms with Crippen molar-refractivity contribution in [2.45, 2.75) is 31.3 Å². The van der Waals surface area contributed by atoms with E-state index in [2.05, 4.69) is 10.0 Å². The SMILES string of the molecule is CCC(Oc1cccc(C)c1)C(=O)Nc1ccc(S(=O)(=O)Nc2ccccc2Cl)cc1. The number of anilines is 2. The second-order valence-corrected chi connectivity index (χ2v) is 9.02. The third kappa shape index (κ3) is 5.99. The standard InChI is InChI=1S/C23H23ClN2O4S/c1-3-22(30-18-8-6-7-16(2)15-18)23(27)25-17-11-13-19(14-12-17)31(28,29)26-21-10-5-4-9-20(21)24/h4-15,22,26H,3H2,1-2H3,(H,25,27). The van der Waals surface area contributed by atoms with E-state index in [1.54, 1.807) is 30.3 Å². The van der Waals surface area contributed by atoms with Gasteiger partial charge in [0.2, 0.25) is 0 Å². The molecular weight excluding hydrogens is 436 g/mol. The van der Waals surface area contributed by atoms with Crippen molar-refractivity contribution in [3.63, 3.8) is 0 Å². The zero-order valence-corrected chi connectivity index (χ0v) is 18.7. The summed E-state index contributed by atoms with van der Waals surface area (Å²) in [6.45, 7) is 3.81. The Labute approximate surface area is 187 Å². The van der Waals surface area contributed by atoms with Gasteiger partial charge in [0.15, 0.2) is 6.10 Å². The van der Waals surface area contributed by atoms with Gasteiger partial charge in [-0.15, -0.1) is 0 Å². The van der Waals surface area contributed by atoms with Crippen LogP contribution in [0.25, 0.3) is 0 Å². The monoisotopic (exact) mass is 458 g/mol. The van der Waals surface area contributed by atoms with Gasteiger partial charge in [0, 0.05) is 5.69 Å². The van der Waals surface area contributed by atoms with E-state index in [1.807, 2.05) is 32.0 Å². The maximum absolute atomic E-state index is 12.6. The third-order valence-corrected chi connectivity index (χ3v) is 6.19. The summed E-state index contributed by atoms with van der Waals surface area (Å²) in [6, 6.07) is 19.9. The summed E-state index contributed by atoms with van der Waals surface area (Å²) in [5, 5.41) is 3.07. The topological polar surface area (TPSA) is 84.5 Å². The van der Waals surface area contributed by atoms with Crippen LogP contribution in [0.3, 0.4) is 0 Å². The molecule has 0 aliphatic carbocycles. The number of benzene rings is 3. The Bertz CT molecular complexity index is 1160. The molecule has 2 N–H and O–H groups in total. The van der Waals surface area contributed by atoms with Crippen LogP contribution in [0, 0.1) is 6.92 Å². The number of aryl methyl sites for hydroxylation is 1. The summed E-state index contributed by atoms with van der Waals surface area (Å²) in [4.78, 5) is 12.7. The van der Waals surface area contributed by atoms with Crippen molar-refractivity contribution < 1.29 is 17.9 Å². The first kappa shape index (κ1) is 22.7. The third-order valence-electron chi connectivity index (χ3n) is 4.48. The van der Waals surface area contributed by atoms with E-state index in [0.717, 1.165) is 5.56 Å². The zero-order valence-electron chi connectivity index (χ0n) is 17.1. The van der Waals surface area contributed by atoms with Crippen molar-refractivity contribution in [1.82, 2.24) is 0 Å². The molecule has 0 aliphatic rings. The van der Waals surface area contributed by atoms with Crippen LogP contribution < -0.4 is 14.8 Å². The first-order chi connectivity index (χ1) is 14.8. The predicted octanol–water partition coefficient (Wildman–Crippen LogP) is 5.25. The number of nitrogens with one attached hydrogen (secondary N) is 2. The molecule has 3 aromatic carbocycles. The molecule has 0 heterocycles. The number of halogens is 1. The molecule has 0 fully saturated rings. The minimum absolute atomic E-state index is 0.0495. The number of carbonyl (C=O) groups excluding carboxylic acids is 1. The Morgan fingerprint density at radius 2 is 1.74 bits per heavy atom. The lowest BCUT2D eigenvalue weighted by molar-refractivity contribution is -0.122. The van der Waals surface area contributed by atoms with E-state index >= 15 is 0 Å². The second-order valence-electron chi connectivity index (χ2n) is 6.93. The van der Waals surface area contributed by atoms with Crippen LogP contribution in [0.15, 0.2) is 77.7 Å². The fourth-order valence-electron chi connectivity index (χ4n) is 2.86. The highest BCUT2D eigenvalue weighted by Crippen LogP contribution is 2.24. The van der Waals surface area contributed by atoms with Gasteiger partial charge in [-0.3, -0.25) is 9.52 Å². The van der Waals surface area contributed by atoms with E-state index < -0.39 is 16.1 Å². The maximum Gasteiger partial charge on any atom is 0.265 e. The van der Waals surface area contributed by atoms with Gasteiger partial charge in [-0.1, -0.05) is 42.8 Å². The number of para-hydroxylation sites is 1. The molecule has 1 amide bonds. The van der Waals surface area contributed by atoms with Crippen molar-refractivity contribution >= 4 is 38.9 Å². The minimum atomic E-state index is -3.82. The smallest absolute Gasteiger partial charge is 0.265 e. The summed E-state index contributed by atoms with van der Waals surface area (Å²) in [5.41, 5.74) is 1.79. The van der Waals surface area contributed by atoms with Crippen LogP contribution in [0.4, 0.5) is 11.4 Å². The van der Waals surface area contributed by atoms with Crippen molar-refractivity contribution in [2.75, 3.05) is 10.0 Å². The van der Waals surface area contributed by atoms with E-state index in [0.29, 0.717) is 28.6 Å². The van der Waals surface area contributed by atoms with Crippen LogP contribution >= 0.6 is 11.6 Å². The Kier molecular flexibility index (Phi) is 7.20. The van der Waals surface area contributed by atoms with Gasteiger partial charge in [-0.25, -0.2) is 8.42 Å². The Hall–Kier alpha value is -3.03. The molecule has 0 saturated carbocycles. The van der Waals surface area contributed by atoms with Crippen molar-refractivity contribution in [1.29, 1.82) is 0 Å². The average Bonchev–Trinajstić information content (AvgIpc) is 2.74. The molecule has 1 unspecified atom stereocenters. The van der Waals surface area contributed by atoms with Crippen LogP contribution in [-0.2, 0) is 14.8 Å². The molecule has 3 rings (SSSR count). The van der Waals surface area contributed by atoms with Gasteiger partial charge >= 0.3 is 0 Å². The number of ether oxygens (including phenoxy) is 1. The van der Waals surface area contributed by atoms with Crippen molar-refractivity contribution in [2.24, 2.45) is 0 Å². The molecule has 0 radical (unpaired) electrons. The lowest BCUT2D eigenvalue weighted by Gasteiger charge is -2.18. The van der Waals surface area contributed by atoms with Gasteiger partial charge < -0.3 is 10.1 Å². The fourth-order valence-corrected chi connectivity index (χ4v) is 4.18. The molecular formula is C23H23ClN2O4S. The van der Waals surface area contributed by atoms with Crippen molar-refractivity contribution in [3.8, 4) is 5.75 Å². The van der Waals surface area contributed by atoms with Gasteiger partial charge in [-0.05, 0) is 67.4 Å². The number of carbonyl (C=O) groups is 1. The Morgan fingerprint density at radius 1 is 1.03 bits per heavy atom. The molecule has 0 bridgehead atoms. The molecule has 3 aromatic rings. The van der Waals surface area contributed by atoms with Gasteiger partial charge in [0.25, 0.3) is 15.9 Å². The van der Waals surface area contributed by atoms with E-state index in [-0.39, 0.29) is 10.8 Å². The maximum atomic E-state index is 12.6. The highest BCUT2D eigenvalue weighted by atomic mass is 35.5. The van der Waals surface area contributed by atoms with Gasteiger partial charge in [0.1, 0.15) is 5.75 Å². The first-order valence-corrected chi connectivity index (χ1v) is 11.6. The molecule has 0 saturated heterocycles. The molecule has 8 heteroatoms. The van der Waals surface area contributed by atoms with Crippen LogP contribution in [0.1, 0.15) is 18.9 Å². The summed E-state index contributed by atoms with van der Waals surface area (Å²) in [6.07, 6.45) is -0.194. The normalized spacial score (nSPS) is 12.1. The van der Waals surface area contributed by atoms with Gasteiger partial charge in [-0.2, -0.15) is 0 Å². The lowest BCUT2D eigenvalue weighted by atomic mass is 10.2. The van der Waals surface area contributed by atoms with Crippen LogP contribution in [0.5, 0.6) is 5.75 Å². The predicted molar refractivity (Wildman–Crippen MR) is 123 cm³/mol. The molecule has 1 atom stereocenters. The highest BCUT2D eigenvalue weighted by Gasteiger charge is 2.20. The fraction of sp³-hybridized carbons (Fsp3) is 0.174. The van der Waals surface area contributed by atoms with E-state index in [9.17, 15) is 13.2 Å². The molecule has 6 nitrogen and oxygen atoms in total. The van der Waals surface area contributed by atoms with Gasteiger partial charge in [0.05, 0.1) is 15.6 Å². The Balaban J connectivity index is 1.67. The summed E-state index contributed by atoms with van der Waals surface area (Å²) >= 11 is 6.02. The van der Waals surface area contributed by atoms with E-state index in [4.69, 9.17) is 16.3 Å². The van der Waals surface area contributed by atoms with Crippen molar-refractivity contribution in [3.05, 3.63) is 83.4 Å². The highest BCUT2D eigenvalue weighted by molar-refractivity contribution is 7.92. The Morgan fingerprint density at radius 3 is 2.39 bits per heavy atom. The summed E-state index contributed by atoms with van der Waals surface area (Å²) in [5.74, 6) is 0.308. The largest absolute Gasteiger partial charge is 0.481 e. The van der Waals surface area contributed by atoms with E-state index in [1.165, 1.54) is 24.3 Å². The number of amides is 1. The quantitative estimate of drug-likeness (QED) is 0.483. The van der Waals surface area contributed by atoms with Crippen LogP contribution in [-0.4, -0.2) is 20.4 Å². The second kappa shape index (κ2) is 9.85. The molecule has 0 aliphatic heterocycles. The molecule has 162 valence electrons. The molecule has 0 aromatic heterocycles. The molecule has 0 spiro atoms. The number of hydrogen-bond acceptors (Lipinski definition) is 4. The summed E-state index contributed by atoms with van der Waals surface area (Å²) in [7, 11) is -3.82. The lowest BCUT2D eigenvalue weighted by Crippen LogP contribution is -2.32. The zero-order chi connectivity index (χ0) is 22.4. The number of sulfonamides is 1. The number of rotatable bonds is 8.